The summed E-state index contributed by atoms with van der Waals surface area (Å²) in [4.78, 5) is 30.4. The Hall–Kier alpha value is -1.71. The summed E-state index contributed by atoms with van der Waals surface area (Å²) in [6, 6.07) is 0. The van der Waals surface area contributed by atoms with Gasteiger partial charge in [-0.15, -0.1) is 0 Å². The van der Waals surface area contributed by atoms with E-state index in [2.05, 4.69) is 20.8 Å². The fourth-order valence-corrected chi connectivity index (χ4v) is 3.76. The second-order valence-corrected chi connectivity index (χ2v) is 10.8. The van der Waals surface area contributed by atoms with Crippen molar-refractivity contribution in [1.82, 2.24) is 0 Å². The first-order valence-electron chi connectivity index (χ1n) is 16.7. The van der Waals surface area contributed by atoms with Gasteiger partial charge in [0.05, 0.1) is 13.2 Å². The van der Waals surface area contributed by atoms with Crippen molar-refractivity contribution in [1.29, 1.82) is 0 Å². The van der Waals surface area contributed by atoms with Crippen LogP contribution in [0.4, 0.5) is 0 Å². The van der Waals surface area contributed by atoms with Crippen LogP contribution >= 0.6 is 0 Å². The summed E-state index contributed by atoms with van der Waals surface area (Å²) >= 11 is 0. The van der Waals surface area contributed by atoms with Gasteiger partial charge in [0, 0.05) is 19.3 Å². The summed E-state index contributed by atoms with van der Waals surface area (Å²) in [7, 11) is 0. The van der Waals surface area contributed by atoms with E-state index in [1.165, 1.54) is 96.3 Å². The minimum atomic E-state index is -0.954. The molecule has 9 nitrogen and oxygen atoms in total. The van der Waals surface area contributed by atoms with E-state index in [1.54, 1.807) is 0 Å². The highest BCUT2D eigenvalue weighted by Gasteiger charge is 1.97. The molecule has 0 aromatic carbocycles. The van der Waals surface area contributed by atoms with Crippen molar-refractivity contribution >= 4 is 17.9 Å². The topological polar surface area (TPSA) is 173 Å². The number of carboxylic acids is 3. The molecule has 9 heteroatoms. The highest BCUT2D eigenvalue weighted by molar-refractivity contribution is 5.67. The number of carboxylic acid groups (broad SMARTS) is 3. The van der Waals surface area contributed by atoms with E-state index in [0.29, 0.717) is 19.3 Å². The molecule has 0 fully saturated rings. The van der Waals surface area contributed by atoms with Crippen LogP contribution in [0.2, 0.25) is 0 Å². The predicted octanol–water partition coefficient (Wildman–Crippen LogP) is 7.97. The third-order valence-corrected chi connectivity index (χ3v) is 6.40. The maximum Gasteiger partial charge on any atom is 0.303 e. The summed E-state index contributed by atoms with van der Waals surface area (Å²) in [5.41, 5.74) is 0. The van der Waals surface area contributed by atoms with E-state index < -0.39 is 24.0 Å². The zero-order valence-electron chi connectivity index (χ0n) is 27.4. The number of hydrogen-bond donors (Lipinski definition) is 6. The Morgan fingerprint density at radius 2 is 0.595 bits per heavy atom. The number of carbonyl (C=O) groups is 3. The third-order valence-electron chi connectivity index (χ3n) is 6.40. The lowest BCUT2D eigenvalue weighted by atomic mass is 10.1. The summed E-state index contributed by atoms with van der Waals surface area (Å²) in [5.74, 6) is -1.99. The first-order chi connectivity index (χ1) is 20.1. The van der Waals surface area contributed by atoms with E-state index in [9.17, 15) is 14.4 Å². The molecule has 0 atom stereocenters. The van der Waals surface area contributed by atoms with Crippen LogP contribution in [-0.4, -0.2) is 67.9 Å². The molecule has 254 valence electrons. The van der Waals surface area contributed by atoms with Crippen LogP contribution in [0.5, 0.6) is 0 Å². The van der Waals surface area contributed by atoms with Gasteiger partial charge in [-0.05, 0) is 19.3 Å². The van der Waals surface area contributed by atoms with Crippen LogP contribution in [-0.2, 0) is 14.4 Å². The summed E-state index contributed by atoms with van der Waals surface area (Å²) in [6.45, 7) is 5.87. The molecule has 42 heavy (non-hydrogen) atoms. The monoisotopic (exact) mass is 608 g/mol. The molecule has 0 aliphatic heterocycles. The van der Waals surface area contributed by atoms with Gasteiger partial charge < -0.3 is 30.6 Å². The number of aliphatic hydroxyl groups is 3. The lowest BCUT2D eigenvalue weighted by Gasteiger charge is -1.98. The Labute approximate surface area is 257 Å². The van der Waals surface area contributed by atoms with E-state index in [0.717, 1.165) is 38.5 Å². The normalized spacial score (nSPS) is 10.1. The maximum absolute atomic E-state index is 10.1. The van der Waals surface area contributed by atoms with Gasteiger partial charge in [-0.2, -0.15) is 0 Å². The van der Waals surface area contributed by atoms with E-state index >= 15 is 0 Å². The highest BCUT2D eigenvalue weighted by atomic mass is 16.4. The van der Waals surface area contributed by atoms with Crippen molar-refractivity contribution < 1.29 is 45.0 Å². The molecule has 0 aliphatic rings. The van der Waals surface area contributed by atoms with E-state index in [-0.39, 0.29) is 13.2 Å². The Kier molecular flexibility index (Phi) is 49.2. The van der Waals surface area contributed by atoms with Gasteiger partial charge in [-0.3, -0.25) is 14.4 Å². The Bertz CT molecular complexity index is 471. The van der Waals surface area contributed by atoms with Crippen molar-refractivity contribution in [3.05, 3.63) is 0 Å². The van der Waals surface area contributed by atoms with Gasteiger partial charge in [0.1, 0.15) is 6.10 Å². The molecule has 0 spiro atoms. The fourth-order valence-electron chi connectivity index (χ4n) is 3.76. The molecule has 0 heterocycles. The van der Waals surface area contributed by atoms with Gasteiger partial charge in [0.2, 0.25) is 0 Å². The first kappa shape index (κ1) is 47.2. The van der Waals surface area contributed by atoms with Crippen molar-refractivity contribution in [3.63, 3.8) is 0 Å². The molecular formula is C33H68O9. The van der Waals surface area contributed by atoms with E-state index in [1.807, 2.05) is 0 Å². The van der Waals surface area contributed by atoms with Crippen molar-refractivity contribution in [2.75, 3.05) is 13.2 Å². The maximum atomic E-state index is 10.1. The van der Waals surface area contributed by atoms with Crippen molar-refractivity contribution in [2.45, 2.75) is 181 Å². The predicted molar refractivity (Wildman–Crippen MR) is 171 cm³/mol. The summed E-state index contributed by atoms with van der Waals surface area (Å²) < 4.78 is 0. The molecule has 0 amide bonds. The van der Waals surface area contributed by atoms with Gasteiger partial charge in [-0.25, -0.2) is 0 Å². The minimum absolute atomic E-state index is 0.341. The van der Waals surface area contributed by atoms with Crippen LogP contribution in [0, 0.1) is 0 Å². The number of hydrogen-bond acceptors (Lipinski definition) is 6. The van der Waals surface area contributed by atoms with Gasteiger partial charge in [0.25, 0.3) is 0 Å². The van der Waals surface area contributed by atoms with Crippen molar-refractivity contribution in [3.8, 4) is 0 Å². The number of aliphatic carboxylic acids is 3. The summed E-state index contributed by atoms with van der Waals surface area (Å²) in [5, 5.41) is 49.1. The summed E-state index contributed by atoms with van der Waals surface area (Å²) in [6.07, 6.45) is 25.0. The molecule has 0 aliphatic carbocycles. The quantitative estimate of drug-likeness (QED) is 0.0532. The standard InChI is InChI=1S/3C10H20O2.C3H8O3/c3*1-2-3-4-5-6-7-8-9-10(11)12;4-1-3(6)2-5/h3*2-9H2,1H3,(H,11,12);3-6H,1-2H2. The van der Waals surface area contributed by atoms with Gasteiger partial charge in [0.15, 0.2) is 0 Å². The average molecular weight is 609 g/mol. The van der Waals surface area contributed by atoms with Crippen LogP contribution in [0.1, 0.15) is 175 Å². The second kappa shape index (κ2) is 43.7. The molecule has 6 N–H and O–H groups in total. The second-order valence-electron chi connectivity index (χ2n) is 10.8. The molecule has 0 saturated heterocycles. The lowest BCUT2D eigenvalue weighted by Crippen LogP contribution is -2.15. The fraction of sp³-hybridized carbons (Fsp3) is 0.909. The van der Waals surface area contributed by atoms with Crippen LogP contribution in [0.3, 0.4) is 0 Å². The lowest BCUT2D eigenvalue weighted by molar-refractivity contribution is -0.138. The smallest absolute Gasteiger partial charge is 0.303 e. The molecule has 0 radical (unpaired) electrons. The zero-order chi connectivity index (χ0) is 32.7. The Morgan fingerprint density at radius 1 is 0.405 bits per heavy atom. The van der Waals surface area contributed by atoms with Gasteiger partial charge >= 0.3 is 17.9 Å². The van der Waals surface area contributed by atoms with Crippen LogP contribution < -0.4 is 0 Å². The molecule has 0 aromatic heterocycles. The van der Waals surface area contributed by atoms with Crippen molar-refractivity contribution in [2.24, 2.45) is 0 Å². The third kappa shape index (κ3) is 62.1. The zero-order valence-corrected chi connectivity index (χ0v) is 27.4. The molecule has 0 rings (SSSR count). The van der Waals surface area contributed by atoms with Crippen LogP contribution in [0.25, 0.3) is 0 Å². The molecule has 0 saturated carbocycles. The highest BCUT2D eigenvalue weighted by Crippen LogP contribution is 2.09. The molecular weight excluding hydrogens is 540 g/mol. The SMILES string of the molecule is CCCCCCCCCC(=O)O.CCCCCCCCCC(=O)O.CCCCCCCCCC(=O)O.OCC(O)CO. The molecule has 0 unspecified atom stereocenters. The number of aliphatic hydroxyl groups excluding tert-OH is 3. The largest absolute Gasteiger partial charge is 0.481 e. The number of rotatable bonds is 26. The Morgan fingerprint density at radius 3 is 0.738 bits per heavy atom. The van der Waals surface area contributed by atoms with E-state index in [4.69, 9.17) is 30.6 Å². The number of unbranched alkanes of at least 4 members (excludes halogenated alkanes) is 18. The first-order valence-corrected chi connectivity index (χ1v) is 16.7. The molecule has 0 aromatic rings. The van der Waals surface area contributed by atoms with Crippen LogP contribution in [0.15, 0.2) is 0 Å². The Balaban J connectivity index is -0.000000235. The van der Waals surface area contributed by atoms with Gasteiger partial charge in [-0.1, -0.05) is 136 Å². The average Bonchev–Trinajstić information content (AvgIpc) is 2.96. The minimum Gasteiger partial charge on any atom is -0.481 e. The molecule has 0 bridgehead atoms.